The smallest absolute Gasteiger partial charge is 0.251 e. The maximum atomic E-state index is 13.5. The minimum Gasteiger partial charge on any atom is -0.494 e. The second-order valence-electron chi connectivity index (χ2n) is 4.67. The summed E-state index contributed by atoms with van der Waals surface area (Å²) in [5, 5.41) is 6.04. The molecule has 0 saturated carbocycles. The molecule has 0 aliphatic carbocycles. The van der Waals surface area contributed by atoms with Crippen LogP contribution in [-0.4, -0.2) is 32.7 Å². The molecule has 1 heterocycles. The van der Waals surface area contributed by atoms with Crippen LogP contribution >= 0.6 is 0 Å². The van der Waals surface area contributed by atoms with Gasteiger partial charge < -0.3 is 15.4 Å². The van der Waals surface area contributed by atoms with E-state index >= 15 is 0 Å². The summed E-state index contributed by atoms with van der Waals surface area (Å²) in [5.41, 5.74) is 1.66. The molecule has 1 aromatic carbocycles. The van der Waals surface area contributed by atoms with Crippen LogP contribution in [0.4, 0.5) is 4.39 Å². The van der Waals surface area contributed by atoms with Crippen molar-refractivity contribution in [1.82, 2.24) is 10.6 Å². The number of nitrogens with one attached hydrogen (secondary N) is 2. The molecule has 108 valence electrons. The molecule has 0 atom stereocenters. The van der Waals surface area contributed by atoms with Gasteiger partial charge >= 0.3 is 0 Å². The first-order valence-electron chi connectivity index (χ1n) is 6.71. The third-order valence-corrected chi connectivity index (χ3v) is 3.30. The molecular weight excluding hydrogens is 259 g/mol. The highest BCUT2D eigenvalue weighted by molar-refractivity contribution is 5.94. The molecule has 0 spiro atoms. The van der Waals surface area contributed by atoms with Crippen molar-refractivity contribution in [2.75, 3.05) is 26.7 Å². The Morgan fingerprint density at radius 2 is 2.35 bits per heavy atom. The first-order chi connectivity index (χ1) is 9.70. The number of halogens is 1. The molecule has 0 unspecified atom stereocenters. The van der Waals surface area contributed by atoms with E-state index in [4.69, 9.17) is 4.74 Å². The molecule has 4 nitrogen and oxygen atoms in total. The summed E-state index contributed by atoms with van der Waals surface area (Å²) in [6, 6.07) is 4.21. The van der Waals surface area contributed by atoms with Gasteiger partial charge in [0.15, 0.2) is 11.6 Å². The van der Waals surface area contributed by atoms with Gasteiger partial charge in [-0.25, -0.2) is 4.39 Å². The molecule has 2 N–H and O–H groups in total. The average molecular weight is 278 g/mol. The Morgan fingerprint density at radius 1 is 1.50 bits per heavy atom. The fraction of sp³-hybridized carbons (Fsp3) is 0.400. The van der Waals surface area contributed by atoms with Gasteiger partial charge in [0, 0.05) is 18.7 Å². The molecule has 0 aromatic heterocycles. The molecule has 0 bridgehead atoms. The van der Waals surface area contributed by atoms with Gasteiger partial charge in [-0.1, -0.05) is 11.6 Å². The molecule has 0 radical (unpaired) electrons. The van der Waals surface area contributed by atoms with Crippen LogP contribution in [0.15, 0.2) is 29.8 Å². The summed E-state index contributed by atoms with van der Waals surface area (Å²) in [5.74, 6) is -0.649. The lowest BCUT2D eigenvalue weighted by atomic mass is 10.1. The van der Waals surface area contributed by atoms with Gasteiger partial charge in [-0.15, -0.1) is 0 Å². The van der Waals surface area contributed by atoms with E-state index in [9.17, 15) is 9.18 Å². The van der Waals surface area contributed by atoms with Gasteiger partial charge in [0.1, 0.15) is 0 Å². The van der Waals surface area contributed by atoms with Gasteiger partial charge in [-0.3, -0.25) is 4.79 Å². The number of hydrogen-bond donors (Lipinski definition) is 2. The lowest BCUT2D eigenvalue weighted by Gasteiger charge is -2.14. The van der Waals surface area contributed by atoms with E-state index in [1.165, 1.54) is 24.8 Å². The number of benzene rings is 1. The van der Waals surface area contributed by atoms with E-state index in [1.807, 2.05) is 0 Å². The van der Waals surface area contributed by atoms with E-state index in [2.05, 4.69) is 16.7 Å². The standard InChI is InChI=1S/C15H19FN2O2/c1-20-14-3-2-12(10-13(14)16)15(19)18-9-6-11-4-7-17-8-5-11/h2-4,10,17H,5-9H2,1H3,(H,18,19). The largest absolute Gasteiger partial charge is 0.494 e. The monoisotopic (exact) mass is 278 g/mol. The van der Waals surface area contributed by atoms with Crippen molar-refractivity contribution in [2.24, 2.45) is 0 Å². The van der Waals surface area contributed by atoms with Gasteiger partial charge in [-0.2, -0.15) is 0 Å². The predicted molar refractivity (Wildman–Crippen MR) is 75.5 cm³/mol. The number of carbonyl (C=O) groups is 1. The lowest BCUT2D eigenvalue weighted by molar-refractivity contribution is 0.0953. The Hall–Kier alpha value is -1.88. The van der Waals surface area contributed by atoms with E-state index in [0.717, 1.165) is 25.9 Å². The van der Waals surface area contributed by atoms with Crippen LogP contribution in [0.1, 0.15) is 23.2 Å². The molecule has 0 fully saturated rings. The maximum Gasteiger partial charge on any atom is 0.251 e. The van der Waals surface area contributed by atoms with Gasteiger partial charge in [0.2, 0.25) is 0 Å². The van der Waals surface area contributed by atoms with E-state index < -0.39 is 5.82 Å². The Balaban J connectivity index is 1.85. The number of carbonyl (C=O) groups excluding carboxylic acids is 1. The van der Waals surface area contributed by atoms with Crippen LogP contribution in [0.5, 0.6) is 5.75 Å². The molecule has 2 rings (SSSR count). The Bertz CT molecular complexity index is 515. The first-order valence-corrected chi connectivity index (χ1v) is 6.71. The summed E-state index contributed by atoms with van der Waals surface area (Å²) < 4.78 is 18.3. The number of ether oxygens (including phenoxy) is 1. The predicted octanol–water partition coefficient (Wildman–Crippen LogP) is 1.87. The minimum absolute atomic E-state index is 0.140. The quantitative estimate of drug-likeness (QED) is 0.809. The fourth-order valence-electron chi connectivity index (χ4n) is 2.14. The minimum atomic E-state index is -0.527. The molecular formula is C15H19FN2O2. The van der Waals surface area contributed by atoms with Gasteiger partial charge in [0.05, 0.1) is 7.11 Å². The van der Waals surface area contributed by atoms with E-state index in [-0.39, 0.29) is 11.7 Å². The van der Waals surface area contributed by atoms with Gasteiger partial charge in [-0.05, 0) is 37.6 Å². The number of methoxy groups -OCH3 is 1. The molecule has 1 aliphatic rings. The van der Waals surface area contributed by atoms with Crippen molar-refractivity contribution in [3.05, 3.63) is 41.2 Å². The van der Waals surface area contributed by atoms with E-state index in [1.54, 1.807) is 6.07 Å². The van der Waals surface area contributed by atoms with Crippen molar-refractivity contribution >= 4 is 5.91 Å². The Labute approximate surface area is 118 Å². The molecule has 1 amide bonds. The molecule has 20 heavy (non-hydrogen) atoms. The van der Waals surface area contributed by atoms with Crippen LogP contribution in [0, 0.1) is 5.82 Å². The summed E-state index contributed by atoms with van der Waals surface area (Å²) in [6.07, 6.45) is 4.02. The van der Waals surface area contributed by atoms with Gasteiger partial charge in [0.25, 0.3) is 5.91 Å². The van der Waals surface area contributed by atoms with Crippen LogP contribution in [0.2, 0.25) is 0 Å². The second kappa shape index (κ2) is 7.05. The summed E-state index contributed by atoms with van der Waals surface area (Å²) in [4.78, 5) is 11.9. The molecule has 1 aromatic rings. The number of amides is 1. The van der Waals surface area contributed by atoms with Crippen molar-refractivity contribution in [3.63, 3.8) is 0 Å². The van der Waals surface area contributed by atoms with Crippen LogP contribution < -0.4 is 15.4 Å². The highest BCUT2D eigenvalue weighted by Crippen LogP contribution is 2.17. The number of rotatable bonds is 5. The van der Waals surface area contributed by atoms with Crippen molar-refractivity contribution in [2.45, 2.75) is 12.8 Å². The number of hydrogen-bond acceptors (Lipinski definition) is 3. The SMILES string of the molecule is COc1ccc(C(=O)NCCC2=CCNCC2)cc1F. The second-order valence-corrected chi connectivity index (χ2v) is 4.67. The van der Waals surface area contributed by atoms with Crippen molar-refractivity contribution in [3.8, 4) is 5.75 Å². The highest BCUT2D eigenvalue weighted by atomic mass is 19.1. The maximum absolute atomic E-state index is 13.5. The first kappa shape index (κ1) is 14.5. The fourth-order valence-corrected chi connectivity index (χ4v) is 2.14. The topological polar surface area (TPSA) is 50.4 Å². The zero-order valence-corrected chi connectivity index (χ0v) is 11.5. The van der Waals surface area contributed by atoms with Crippen LogP contribution in [0.3, 0.4) is 0 Å². The zero-order chi connectivity index (χ0) is 14.4. The van der Waals surface area contributed by atoms with Crippen molar-refractivity contribution < 1.29 is 13.9 Å². The summed E-state index contributed by atoms with van der Waals surface area (Å²) in [6.45, 7) is 2.45. The highest BCUT2D eigenvalue weighted by Gasteiger charge is 2.10. The van der Waals surface area contributed by atoms with Crippen LogP contribution in [-0.2, 0) is 0 Å². The molecule has 5 heteroatoms. The van der Waals surface area contributed by atoms with E-state index in [0.29, 0.717) is 12.1 Å². The zero-order valence-electron chi connectivity index (χ0n) is 11.5. The normalized spacial score (nSPS) is 14.6. The summed E-state index contributed by atoms with van der Waals surface area (Å²) in [7, 11) is 1.39. The lowest BCUT2D eigenvalue weighted by Crippen LogP contribution is -2.26. The molecule has 0 saturated heterocycles. The third kappa shape index (κ3) is 3.81. The molecule has 1 aliphatic heterocycles. The van der Waals surface area contributed by atoms with Crippen LogP contribution in [0.25, 0.3) is 0 Å². The third-order valence-electron chi connectivity index (χ3n) is 3.30. The average Bonchev–Trinajstić information content (AvgIpc) is 2.48. The summed E-state index contributed by atoms with van der Waals surface area (Å²) >= 11 is 0. The Morgan fingerprint density at radius 3 is 3.00 bits per heavy atom. The Kier molecular flexibility index (Phi) is 5.12. The van der Waals surface area contributed by atoms with Crippen molar-refractivity contribution in [1.29, 1.82) is 0 Å².